The fourth-order valence-electron chi connectivity index (χ4n) is 0.321. The van der Waals surface area contributed by atoms with E-state index in [-0.39, 0.29) is 0 Å². The molecule has 0 aromatic rings. The molecule has 0 aliphatic carbocycles. The molecule has 0 atom stereocenters. The maximum absolute atomic E-state index is 11.6. The number of hydrogen-bond acceptors (Lipinski definition) is 2. The highest BCUT2D eigenvalue weighted by molar-refractivity contribution is 9.11. The maximum Gasteiger partial charge on any atom is 0.471 e. The molecule has 0 aromatic heterocycles. The highest BCUT2D eigenvalue weighted by Crippen LogP contribution is 2.15. The summed E-state index contributed by atoms with van der Waals surface area (Å²) in [5, 5.41) is 9.36. The van der Waals surface area contributed by atoms with Gasteiger partial charge in [0, 0.05) is 4.99 Å². The van der Waals surface area contributed by atoms with Crippen LogP contribution in [0.4, 0.5) is 13.2 Å². The molecule has 0 unspecified atom stereocenters. The van der Waals surface area contributed by atoms with Crippen LogP contribution in [0.2, 0.25) is 0 Å². The normalized spacial score (nSPS) is 12.5. The van der Waals surface area contributed by atoms with Crippen LogP contribution in [0.3, 0.4) is 0 Å². The molecule has 0 rings (SSSR count). The number of carboxylic acid groups (broad SMARTS) is 1. The number of carbonyl (C=O) groups is 2. The topological polar surface area (TPSA) is 66.4 Å². The molecule has 13 heavy (non-hydrogen) atoms. The van der Waals surface area contributed by atoms with Gasteiger partial charge in [-0.05, 0) is 0 Å². The van der Waals surface area contributed by atoms with Gasteiger partial charge >= 0.3 is 18.1 Å². The monoisotopic (exact) mass is 261 g/mol. The Bertz CT molecular complexity index is 260. The standard InChI is InChI=1S/C5H3BrF3NO3/c6-1-2(3(11)12)10-4(13)5(7,8)9/h1H,(H,10,13)(H,11,12). The van der Waals surface area contributed by atoms with Gasteiger partial charge in [0.05, 0.1) is 0 Å². The average molecular weight is 262 g/mol. The highest BCUT2D eigenvalue weighted by atomic mass is 79.9. The lowest BCUT2D eigenvalue weighted by molar-refractivity contribution is -0.173. The Labute approximate surface area is 78.5 Å². The Morgan fingerprint density at radius 3 is 2.08 bits per heavy atom. The van der Waals surface area contributed by atoms with Crippen LogP contribution in [0, 0.1) is 0 Å². The van der Waals surface area contributed by atoms with Crippen molar-refractivity contribution in [3.05, 3.63) is 10.7 Å². The minimum atomic E-state index is -5.10. The van der Waals surface area contributed by atoms with Gasteiger partial charge in [-0.1, -0.05) is 15.9 Å². The SMILES string of the molecule is O=C(O)C(=CBr)NC(=O)C(F)(F)F. The third-order valence-electron chi connectivity index (χ3n) is 0.845. The Kier molecular flexibility index (Phi) is 3.92. The van der Waals surface area contributed by atoms with E-state index in [2.05, 4.69) is 15.9 Å². The van der Waals surface area contributed by atoms with Gasteiger partial charge in [-0.3, -0.25) is 4.79 Å². The summed E-state index contributed by atoms with van der Waals surface area (Å²) in [6.45, 7) is 0. The average Bonchev–Trinajstić information content (AvgIpc) is 1.96. The third kappa shape index (κ3) is 3.92. The van der Waals surface area contributed by atoms with Crippen molar-refractivity contribution in [1.82, 2.24) is 5.32 Å². The Hall–Kier alpha value is -1.05. The Morgan fingerprint density at radius 1 is 1.38 bits per heavy atom. The largest absolute Gasteiger partial charge is 0.477 e. The van der Waals surface area contributed by atoms with E-state index in [1.807, 2.05) is 0 Å². The van der Waals surface area contributed by atoms with E-state index in [0.29, 0.717) is 4.99 Å². The molecule has 0 bridgehead atoms. The van der Waals surface area contributed by atoms with Crippen LogP contribution in [0.25, 0.3) is 0 Å². The molecule has 0 spiro atoms. The molecule has 0 aromatic carbocycles. The second kappa shape index (κ2) is 4.26. The van der Waals surface area contributed by atoms with E-state index in [0.717, 1.165) is 5.32 Å². The Balaban J connectivity index is 4.46. The second-order valence-electron chi connectivity index (χ2n) is 1.78. The lowest BCUT2D eigenvalue weighted by Gasteiger charge is -2.06. The van der Waals surface area contributed by atoms with E-state index in [4.69, 9.17) is 5.11 Å². The number of aliphatic carboxylic acids is 1. The molecule has 0 saturated heterocycles. The number of carbonyl (C=O) groups excluding carboxylic acids is 1. The maximum atomic E-state index is 11.6. The minimum absolute atomic E-state index is 0.666. The summed E-state index contributed by atoms with van der Waals surface area (Å²) in [7, 11) is 0. The van der Waals surface area contributed by atoms with Crippen LogP contribution in [0.1, 0.15) is 0 Å². The predicted molar refractivity (Wildman–Crippen MR) is 38.8 cm³/mol. The molecule has 4 nitrogen and oxygen atoms in total. The van der Waals surface area contributed by atoms with Gasteiger partial charge in [0.25, 0.3) is 0 Å². The quantitative estimate of drug-likeness (QED) is 0.729. The zero-order valence-electron chi connectivity index (χ0n) is 5.85. The number of nitrogens with one attached hydrogen (secondary N) is 1. The van der Waals surface area contributed by atoms with Crippen LogP contribution in [0.15, 0.2) is 10.7 Å². The molecule has 0 aliphatic heterocycles. The fraction of sp³-hybridized carbons (Fsp3) is 0.200. The molecule has 0 aliphatic rings. The van der Waals surface area contributed by atoms with Crippen LogP contribution in [0.5, 0.6) is 0 Å². The minimum Gasteiger partial charge on any atom is -0.477 e. The molecule has 0 saturated carbocycles. The smallest absolute Gasteiger partial charge is 0.471 e. The molecule has 0 fully saturated rings. The van der Waals surface area contributed by atoms with E-state index in [1.165, 1.54) is 0 Å². The highest BCUT2D eigenvalue weighted by Gasteiger charge is 2.39. The van der Waals surface area contributed by atoms with Gasteiger partial charge in [-0.25, -0.2) is 4.79 Å². The molecule has 2 N–H and O–H groups in total. The molecule has 74 valence electrons. The molecular weight excluding hydrogens is 259 g/mol. The van der Waals surface area contributed by atoms with Crippen LogP contribution < -0.4 is 5.32 Å². The van der Waals surface area contributed by atoms with Gasteiger partial charge in [-0.15, -0.1) is 0 Å². The van der Waals surface area contributed by atoms with Gasteiger partial charge in [-0.2, -0.15) is 13.2 Å². The summed E-state index contributed by atoms with van der Waals surface area (Å²) in [5.41, 5.74) is -0.887. The van der Waals surface area contributed by atoms with Crippen molar-refractivity contribution in [1.29, 1.82) is 0 Å². The van der Waals surface area contributed by atoms with E-state index in [9.17, 15) is 22.8 Å². The zero-order chi connectivity index (χ0) is 10.6. The fourth-order valence-corrected chi connectivity index (χ4v) is 0.631. The van der Waals surface area contributed by atoms with E-state index in [1.54, 1.807) is 0 Å². The number of rotatable bonds is 2. The first-order valence-electron chi connectivity index (χ1n) is 2.71. The second-order valence-corrected chi connectivity index (χ2v) is 2.24. The summed E-state index contributed by atoms with van der Waals surface area (Å²) in [4.78, 5) is 21.0. The van der Waals surface area contributed by atoms with Crippen molar-refractivity contribution >= 4 is 27.8 Å². The molecule has 0 radical (unpaired) electrons. The van der Waals surface area contributed by atoms with Crippen LogP contribution >= 0.6 is 15.9 Å². The molecular formula is C5H3BrF3NO3. The predicted octanol–water partition coefficient (Wildman–Crippen LogP) is 0.986. The first-order chi connectivity index (χ1) is 5.79. The van der Waals surface area contributed by atoms with Gasteiger partial charge in [0.15, 0.2) is 0 Å². The van der Waals surface area contributed by atoms with Gasteiger partial charge in [0.2, 0.25) is 0 Å². The Morgan fingerprint density at radius 2 is 1.85 bits per heavy atom. The van der Waals surface area contributed by atoms with Crippen molar-refractivity contribution in [2.24, 2.45) is 0 Å². The number of alkyl halides is 3. The van der Waals surface area contributed by atoms with Gasteiger partial charge < -0.3 is 10.4 Å². The van der Waals surface area contributed by atoms with Crippen molar-refractivity contribution in [2.45, 2.75) is 6.18 Å². The lowest BCUT2D eigenvalue weighted by Crippen LogP contribution is -2.38. The van der Waals surface area contributed by atoms with Crippen LogP contribution in [-0.4, -0.2) is 23.2 Å². The van der Waals surface area contributed by atoms with Crippen LogP contribution in [-0.2, 0) is 9.59 Å². The summed E-state index contributed by atoms with van der Waals surface area (Å²) in [6.07, 6.45) is -5.10. The van der Waals surface area contributed by atoms with Crippen molar-refractivity contribution in [3.63, 3.8) is 0 Å². The number of hydrogen-bond donors (Lipinski definition) is 2. The number of halogens is 4. The lowest BCUT2D eigenvalue weighted by atomic mass is 10.4. The first-order valence-corrected chi connectivity index (χ1v) is 3.62. The van der Waals surface area contributed by atoms with Gasteiger partial charge in [0.1, 0.15) is 5.70 Å². The summed E-state index contributed by atoms with van der Waals surface area (Å²) in [6, 6.07) is 0. The molecule has 1 amide bonds. The zero-order valence-corrected chi connectivity index (χ0v) is 7.44. The summed E-state index contributed by atoms with van der Waals surface area (Å²) in [5.74, 6) is -4.00. The van der Waals surface area contributed by atoms with Crippen molar-refractivity contribution in [2.75, 3.05) is 0 Å². The van der Waals surface area contributed by atoms with Crippen molar-refractivity contribution < 1.29 is 27.9 Å². The number of carboxylic acids is 1. The van der Waals surface area contributed by atoms with Crippen molar-refractivity contribution in [3.8, 4) is 0 Å². The molecule has 0 heterocycles. The van der Waals surface area contributed by atoms with E-state index < -0.39 is 23.7 Å². The molecule has 8 heteroatoms. The number of amides is 1. The summed E-state index contributed by atoms with van der Waals surface area (Å²) < 4.78 is 34.7. The van der Waals surface area contributed by atoms with E-state index >= 15 is 0 Å². The summed E-state index contributed by atoms with van der Waals surface area (Å²) >= 11 is 2.49. The third-order valence-corrected chi connectivity index (χ3v) is 1.30. The first kappa shape index (κ1) is 11.9.